The third kappa shape index (κ3) is 4.28. The SMILES string of the molecule is N=C(c1cnc(Cl)nc1)c1cc(O[C@H](N)c2c(Cl)cncc2Cl)ccc1N. The van der Waals surface area contributed by atoms with Gasteiger partial charge >= 0.3 is 0 Å². The molecule has 0 amide bonds. The van der Waals surface area contributed by atoms with Crippen molar-refractivity contribution in [2.45, 2.75) is 6.23 Å². The van der Waals surface area contributed by atoms with Crippen LogP contribution >= 0.6 is 34.8 Å². The number of anilines is 1. The Morgan fingerprint density at radius 2 is 1.67 bits per heavy atom. The fourth-order valence-corrected chi connectivity index (χ4v) is 3.00. The van der Waals surface area contributed by atoms with Gasteiger partial charge in [-0.15, -0.1) is 0 Å². The molecule has 138 valence electrons. The van der Waals surface area contributed by atoms with Crippen LogP contribution < -0.4 is 16.2 Å². The Morgan fingerprint density at radius 1 is 1.04 bits per heavy atom. The molecular formula is C17H13Cl3N6O. The van der Waals surface area contributed by atoms with Gasteiger partial charge in [-0.05, 0) is 29.8 Å². The molecule has 0 bridgehead atoms. The normalized spacial score (nSPS) is 11.9. The number of benzene rings is 1. The van der Waals surface area contributed by atoms with E-state index in [2.05, 4.69) is 15.0 Å². The van der Waals surface area contributed by atoms with Gasteiger partial charge in [-0.25, -0.2) is 9.97 Å². The van der Waals surface area contributed by atoms with Gasteiger partial charge < -0.3 is 10.5 Å². The van der Waals surface area contributed by atoms with Crippen molar-refractivity contribution in [1.82, 2.24) is 15.0 Å². The zero-order chi connectivity index (χ0) is 19.6. The van der Waals surface area contributed by atoms with Gasteiger partial charge in [-0.3, -0.25) is 16.1 Å². The molecule has 0 fully saturated rings. The van der Waals surface area contributed by atoms with E-state index in [0.717, 1.165) is 0 Å². The molecule has 10 heteroatoms. The van der Waals surface area contributed by atoms with Gasteiger partial charge in [0.2, 0.25) is 5.28 Å². The number of ether oxygens (including phenoxy) is 1. The summed E-state index contributed by atoms with van der Waals surface area (Å²) in [6.45, 7) is 0. The maximum atomic E-state index is 8.35. The molecule has 3 rings (SSSR count). The Morgan fingerprint density at radius 3 is 2.30 bits per heavy atom. The topological polar surface area (TPSA) is 124 Å². The molecule has 0 saturated carbocycles. The molecule has 1 atom stereocenters. The minimum Gasteiger partial charge on any atom is -0.471 e. The number of nitrogens with zero attached hydrogens (tertiary/aromatic N) is 3. The molecule has 0 aliphatic carbocycles. The van der Waals surface area contributed by atoms with E-state index in [1.165, 1.54) is 24.8 Å². The van der Waals surface area contributed by atoms with Crippen LogP contribution in [0.25, 0.3) is 0 Å². The van der Waals surface area contributed by atoms with Gasteiger partial charge in [-0.1, -0.05) is 23.2 Å². The van der Waals surface area contributed by atoms with E-state index in [1.54, 1.807) is 18.2 Å². The Balaban J connectivity index is 1.89. The van der Waals surface area contributed by atoms with Crippen molar-refractivity contribution in [3.8, 4) is 5.75 Å². The lowest BCUT2D eigenvalue weighted by molar-refractivity contribution is 0.214. The molecule has 27 heavy (non-hydrogen) atoms. The quantitative estimate of drug-likeness (QED) is 0.248. The molecule has 0 spiro atoms. The van der Waals surface area contributed by atoms with E-state index < -0.39 is 6.23 Å². The maximum absolute atomic E-state index is 8.35. The minimum absolute atomic E-state index is 0.0914. The summed E-state index contributed by atoms with van der Waals surface area (Å²) in [6, 6.07) is 4.83. The van der Waals surface area contributed by atoms with E-state index in [9.17, 15) is 0 Å². The minimum atomic E-state index is -0.933. The molecule has 2 heterocycles. The number of hydrogen-bond acceptors (Lipinski definition) is 7. The number of pyridine rings is 1. The first-order chi connectivity index (χ1) is 12.9. The van der Waals surface area contributed by atoms with Crippen LogP contribution in [0, 0.1) is 5.41 Å². The second-order valence-electron chi connectivity index (χ2n) is 5.42. The second kappa shape index (κ2) is 8.06. The molecule has 0 aliphatic heterocycles. The van der Waals surface area contributed by atoms with Crippen molar-refractivity contribution in [1.29, 1.82) is 5.41 Å². The summed E-state index contributed by atoms with van der Waals surface area (Å²) >= 11 is 17.9. The standard InChI is InChI=1S/C17H13Cl3N6O/c18-11-6-24-7-12(19)14(11)16(23)27-9-1-2-13(21)10(3-9)15(22)8-4-25-17(20)26-5-8/h1-7,16,22H,21,23H2/t16-/m0/s1. The van der Waals surface area contributed by atoms with Crippen LogP contribution in [0.4, 0.5) is 5.69 Å². The van der Waals surface area contributed by atoms with Crippen LogP contribution in [0.5, 0.6) is 5.75 Å². The van der Waals surface area contributed by atoms with Gasteiger partial charge in [0, 0.05) is 47.2 Å². The Labute approximate surface area is 169 Å². The van der Waals surface area contributed by atoms with Crippen molar-refractivity contribution in [2.75, 3.05) is 5.73 Å². The first kappa shape index (κ1) is 19.3. The van der Waals surface area contributed by atoms with Crippen LogP contribution in [0.3, 0.4) is 0 Å². The summed E-state index contributed by atoms with van der Waals surface area (Å²) < 4.78 is 5.74. The van der Waals surface area contributed by atoms with Gasteiger partial charge in [0.1, 0.15) is 5.75 Å². The van der Waals surface area contributed by atoms with E-state index in [1.807, 2.05) is 0 Å². The van der Waals surface area contributed by atoms with E-state index >= 15 is 0 Å². The van der Waals surface area contributed by atoms with E-state index in [4.69, 9.17) is 56.4 Å². The van der Waals surface area contributed by atoms with Gasteiger partial charge in [0.05, 0.1) is 15.8 Å². The number of nitrogen functional groups attached to an aromatic ring is 1. The van der Waals surface area contributed by atoms with Crippen LogP contribution in [0.15, 0.2) is 43.0 Å². The van der Waals surface area contributed by atoms with Gasteiger partial charge in [-0.2, -0.15) is 0 Å². The summed E-state index contributed by atoms with van der Waals surface area (Å²) in [5, 5.41) is 9.02. The molecule has 3 aromatic rings. The zero-order valence-corrected chi connectivity index (χ0v) is 15.9. The molecule has 0 unspecified atom stereocenters. The Bertz CT molecular complexity index is 976. The lowest BCUT2D eigenvalue weighted by Crippen LogP contribution is -2.19. The lowest BCUT2D eigenvalue weighted by atomic mass is 10.0. The molecule has 0 aliphatic rings. The largest absolute Gasteiger partial charge is 0.471 e. The fourth-order valence-electron chi connectivity index (χ4n) is 2.32. The highest BCUT2D eigenvalue weighted by Gasteiger charge is 2.18. The summed E-state index contributed by atoms with van der Waals surface area (Å²) in [5.41, 5.74) is 13.9. The number of halogens is 3. The molecular weight excluding hydrogens is 411 g/mol. The summed E-state index contributed by atoms with van der Waals surface area (Å²) in [6.07, 6.45) is 4.80. The van der Waals surface area contributed by atoms with Crippen LogP contribution in [-0.4, -0.2) is 20.7 Å². The molecule has 5 N–H and O–H groups in total. The molecule has 1 aromatic carbocycles. The van der Waals surface area contributed by atoms with Gasteiger partial charge in [0.25, 0.3) is 0 Å². The molecule has 2 aromatic heterocycles. The summed E-state index contributed by atoms with van der Waals surface area (Å²) in [5.74, 6) is 0.385. The first-order valence-corrected chi connectivity index (χ1v) is 8.67. The van der Waals surface area contributed by atoms with Crippen LogP contribution in [0.2, 0.25) is 15.3 Å². The third-order valence-electron chi connectivity index (χ3n) is 3.64. The van der Waals surface area contributed by atoms with Crippen molar-refractivity contribution < 1.29 is 4.74 Å². The van der Waals surface area contributed by atoms with Crippen molar-refractivity contribution in [2.24, 2.45) is 5.73 Å². The second-order valence-corrected chi connectivity index (χ2v) is 6.57. The Kier molecular flexibility index (Phi) is 5.76. The predicted molar refractivity (Wildman–Crippen MR) is 106 cm³/mol. The number of nitrogens with two attached hydrogens (primary N) is 2. The third-order valence-corrected chi connectivity index (χ3v) is 4.44. The van der Waals surface area contributed by atoms with Crippen molar-refractivity contribution in [3.05, 3.63) is 75.0 Å². The number of hydrogen-bond donors (Lipinski definition) is 3. The van der Waals surface area contributed by atoms with Crippen LogP contribution in [0.1, 0.15) is 22.9 Å². The van der Waals surface area contributed by atoms with Gasteiger partial charge in [0.15, 0.2) is 6.23 Å². The van der Waals surface area contributed by atoms with Crippen molar-refractivity contribution in [3.63, 3.8) is 0 Å². The lowest BCUT2D eigenvalue weighted by Gasteiger charge is -2.18. The molecule has 0 saturated heterocycles. The average molecular weight is 424 g/mol. The zero-order valence-electron chi connectivity index (χ0n) is 13.7. The van der Waals surface area contributed by atoms with Crippen molar-refractivity contribution >= 4 is 46.2 Å². The average Bonchev–Trinajstić information content (AvgIpc) is 2.63. The van der Waals surface area contributed by atoms with E-state index in [-0.39, 0.29) is 21.0 Å². The summed E-state index contributed by atoms with van der Waals surface area (Å²) in [4.78, 5) is 11.6. The molecule has 0 radical (unpaired) electrons. The summed E-state index contributed by atoms with van der Waals surface area (Å²) in [7, 11) is 0. The fraction of sp³-hybridized carbons (Fsp3) is 0.0588. The van der Waals surface area contributed by atoms with E-state index in [0.29, 0.717) is 28.1 Å². The van der Waals surface area contributed by atoms with Crippen LogP contribution in [-0.2, 0) is 0 Å². The maximum Gasteiger partial charge on any atom is 0.222 e. The first-order valence-electron chi connectivity index (χ1n) is 7.54. The number of rotatable bonds is 5. The monoisotopic (exact) mass is 422 g/mol. The smallest absolute Gasteiger partial charge is 0.222 e. The number of nitrogens with one attached hydrogen (secondary N) is 1. The highest BCUT2D eigenvalue weighted by atomic mass is 35.5. The molecule has 7 nitrogen and oxygen atoms in total. The highest BCUT2D eigenvalue weighted by molar-refractivity contribution is 6.35. The highest BCUT2D eigenvalue weighted by Crippen LogP contribution is 2.31. The Hall–Kier alpha value is -2.45. The predicted octanol–water partition coefficient (Wildman–Crippen LogP) is 3.87. The number of aromatic nitrogens is 3.